The van der Waals surface area contributed by atoms with Gasteiger partial charge in [-0.3, -0.25) is 0 Å². The zero-order valence-electron chi connectivity index (χ0n) is 13.2. The molecule has 0 saturated heterocycles. The highest BCUT2D eigenvalue weighted by Gasteiger charge is 2.19. The lowest BCUT2D eigenvalue weighted by Crippen LogP contribution is -2.29. The second-order valence-corrected chi connectivity index (χ2v) is 5.51. The lowest BCUT2D eigenvalue weighted by molar-refractivity contribution is 0.191. The van der Waals surface area contributed by atoms with E-state index in [2.05, 4.69) is 27.3 Å². The molecule has 0 atom stereocenters. The standard InChI is InChI=1S/C16H27N3O2/c1-20-10-3-8-19(9-11-21-2)16-7-4-14(13-18-16)12-17-15-5-6-15/h4,7,13,15,17H,3,5-6,8-12H2,1-2H3. The van der Waals surface area contributed by atoms with Gasteiger partial charge in [0.25, 0.3) is 0 Å². The third-order valence-electron chi connectivity index (χ3n) is 3.65. The third-order valence-corrected chi connectivity index (χ3v) is 3.65. The second-order valence-electron chi connectivity index (χ2n) is 5.51. The lowest BCUT2D eigenvalue weighted by atomic mass is 10.2. The van der Waals surface area contributed by atoms with Gasteiger partial charge in [-0.2, -0.15) is 0 Å². The number of pyridine rings is 1. The molecule has 21 heavy (non-hydrogen) atoms. The van der Waals surface area contributed by atoms with Crippen LogP contribution in [0.15, 0.2) is 18.3 Å². The molecule has 5 heteroatoms. The second kappa shape index (κ2) is 8.97. The number of methoxy groups -OCH3 is 2. The summed E-state index contributed by atoms with van der Waals surface area (Å²) in [7, 11) is 3.47. The molecule has 0 aromatic carbocycles. The molecule has 1 aromatic heterocycles. The normalized spacial score (nSPS) is 14.4. The first-order chi connectivity index (χ1) is 10.3. The molecule has 0 amide bonds. The molecular weight excluding hydrogens is 266 g/mol. The van der Waals surface area contributed by atoms with E-state index in [1.807, 2.05) is 6.20 Å². The number of hydrogen-bond acceptors (Lipinski definition) is 5. The number of nitrogens with zero attached hydrogens (tertiary/aromatic N) is 2. The summed E-state index contributed by atoms with van der Waals surface area (Å²) in [5.41, 5.74) is 1.24. The van der Waals surface area contributed by atoms with Crippen molar-refractivity contribution in [1.29, 1.82) is 0 Å². The van der Waals surface area contributed by atoms with Crippen LogP contribution in [0, 0.1) is 0 Å². The summed E-state index contributed by atoms with van der Waals surface area (Å²) in [6, 6.07) is 5.00. The van der Waals surface area contributed by atoms with Crippen LogP contribution in [0.5, 0.6) is 0 Å². The average molecular weight is 293 g/mol. The van der Waals surface area contributed by atoms with Crippen LogP contribution in [0.4, 0.5) is 5.82 Å². The largest absolute Gasteiger partial charge is 0.385 e. The van der Waals surface area contributed by atoms with Gasteiger partial charge in [0.15, 0.2) is 0 Å². The fraction of sp³-hybridized carbons (Fsp3) is 0.688. The molecule has 0 spiro atoms. The summed E-state index contributed by atoms with van der Waals surface area (Å²) in [6.07, 6.45) is 5.60. The van der Waals surface area contributed by atoms with Crippen molar-refractivity contribution in [3.63, 3.8) is 0 Å². The summed E-state index contributed by atoms with van der Waals surface area (Å²) in [5.74, 6) is 1.01. The monoisotopic (exact) mass is 293 g/mol. The minimum Gasteiger partial charge on any atom is -0.385 e. The Labute approximate surface area is 127 Å². The van der Waals surface area contributed by atoms with Crippen molar-refractivity contribution in [3.05, 3.63) is 23.9 Å². The Hall–Kier alpha value is -1.17. The summed E-state index contributed by atoms with van der Waals surface area (Å²) < 4.78 is 10.3. The topological polar surface area (TPSA) is 46.6 Å². The van der Waals surface area contributed by atoms with Gasteiger partial charge < -0.3 is 19.7 Å². The van der Waals surface area contributed by atoms with E-state index in [1.165, 1.54) is 18.4 Å². The quantitative estimate of drug-likeness (QED) is 0.631. The van der Waals surface area contributed by atoms with Crippen LogP contribution >= 0.6 is 0 Å². The van der Waals surface area contributed by atoms with Crippen molar-refractivity contribution in [2.75, 3.05) is 45.4 Å². The van der Waals surface area contributed by atoms with Crippen LogP contribution < -0.4 is 10.2 Å². The molecule has 0 unspecified atom stereocenters. The Morgan fingerprint density at radius 3 is 2.62 bits per heavy atom. The zero-order chi connectivity index (χ0) is 14.9. The number of ether oxygens (including phenoxy) is 2. The van der Waals surface area contributed by atoms with Gasteiger partial charge in [-0.05, 0) is 30.9 Å². The van der Waals surface area contributed by atoms with Crippen molar-refractivity contribution in [2.24, 2.45) is 0 Å². The van der Waals surface area contributed by atoms with Crippen LogP contribution in [0.2, 0.25) is 0 Å². The van der Waals surface area contributed by atoms with Crippen LogP contribution in [-0.4, -0.2) is 51.5 Å². The van der Waals surface area contributed by atoms with Gasteiger partial charge in [-0.25, -0.2) is 4.98 Å². The fourth-order valence-corrected chi connectivity index (χ4v) is 2.20. The molecule has 2 rings (SSSR count). The SMILES string of the molecule is COCCCN(CCOC)c1ccc(CNC2CC2)cn1. The van der Waals surface area contributed by atoms with Crippen molar-refractivity contribution in [3.8, 4) is 0 Å². The van der Waals surface area contributed by atoms with E-state index in [0.29, 0.717) is 6.61 Å². The van der Waals surface area contributed by atoms with E-state index in [4.69, 9.17) is 9.47 Å². The van der Waals surface area contributed by atoms with E-state index in [9.17, 15) is 0 Å². The maximum atomic E-state index is 5.18. The molecule has 1 aliphatic carbocycles. The van der Waals surface area contributed by atoms with E-state index in [0.717, 1.165) is 44.5 Å². The van der Waals surface area contributed by atoms with Gasteiger partial charge >= 0.3 is 0 Å². The highest BCUT2D eigenvalue weighted by Crippen LogP contribution is 2.19. The third kappa shape index (κ3) is 5.99. The minimum absolute atomic E-state index is 0.708. The zero-order valence-corrected chi connectivity index (χ0v) is 13.2. The van der Waals surface area contributed by atoms with Gasteiger partial charge in [0.1, 0.15) is 5.82 Å². The number of hydrogen-bond donors (Lipinski definition) is 1. The summed E-state index contributed by atoms with van der Waals surface area (Å²) in [4.78, 5) is 6.85. The Bertz CT molecular complexity index is 393. The fourth-order valence-electron chi connectivity index (χ4n) is 2.20. The molecule has 0 radical (unpaired) electrons. The maximum Gasteiger partial charge on any atom is 0.128 e. The Morgan fingerprint density at radius 1 is 1.19 bits per heavy atom. The van der Waals surface area contributed by atoms with Crippen molar-refractivity contribution in [1.82, 2.24) is 10.3 Å². The predicted octanol–water partition coefficient (Wildman–Crippen LogP) is 1.82. The summed E-state index contributed by atoms with van der Waals surface area (Å²) in [5, 5.41) is 3.51. The van der Waals surface area contributed by atoms with Crippen molar-refractivity contribution >= 4 is 5.82 Å². The minimum atomic E-state index is 0.708. The maximum absolute atomic E-state index is 5.18. The molecule has 0 aliphatic heterocycles. The van der Waals surface area contributed by atoms with E-state index >= 15 is 0 Å². The first-order valence-corrected chi connectivity index (χ1v) is 7.74. The van der Waals surface area contributed by atoms with Gasteiger partial charge in [0, 0.05) is 52.7 Å². The Kier molecular flexibility index (Phi) is 6.92. The molecule has 1 N–H and O–H groups in total. The molecule has 0 bridgehead atoms. The lowest BCUT2D eigenvalue weighted by Gasteiger charge is -2.23. The number of anilines is 1. The van der Waals surface area contributed by atoms with E-state index in [1.54, 1.807) is 14.2 Å². The molecule has 118 valence electrons. The summed E-state index contributed by atoms with van der Waals surface area (Å²) in [6.45, 7) is 4.18. The van der Waals surface area contributed by atoms with Gasteiger partial charge in [-0.1, -0.05) is 6.07 Å². The number of aromatic nitrogens is 1. The van der Waals surface area contributed by atoms with Crippen molar-refractivity contribution in [2.45, 2.75) is 31.8 Å². The van der Waals surface area contributed by atoms with Crippen LogP contribution in [-0.2, 0) is 16.0 Å². The molecule has 1 aliphatic rings. The number of rotatable bonds is 11. The van der Waals surface area contributed by atoms with Crippen LogP contribution in [0.3, 0.4) is 0 Å². The molecule has 1 fully saturated rings. The molecular formula is C16H27N3O2. The average Bonchev–Trinajstić information content (AvgIpc) is 3.34. The van der Waals surface area contributed by atoms with Crippen LogP contribution in [0.25, 0.3) is 0 Å². The molecule has 5 nitrogen and oxygen atoms in total. The van der Waals surface area contributed by atoms with Gasteiger partial charge in [-0.15, -0.1) is 0 Å². The first-order valence-electron chi connectivity index (χ1n) is 7.74. The van der Waals surface area contributed by atoms with Crippen molar-refractivity contribution < 1.29 is 9.47 Å². The molecule has 1 aromatic rings. The van der Waals surface area contributed by atoms with Gasteiger partial charge in [0.05, 0.1) is 6.61 Å². The highest BCUT2D eigenvalue weighted by atomic mass is 16.5. The molecule has 1 heterocycles. The smallest absolute Gasteiger partial charge is 0.128 e. The van der Waals surface area contributed by atoms with Gasteiger partial charge in [0.2, 0.25) is 0 Å². The van der Waals surface area contributed by atoms with E-state index < -0.39 is 0 Å². The first kappa shape index (κ1) is 16.2. The predicted molar refractivity (Wildman–Crippen MR) is 84.7 cm³/mol. The number of nitrogens with one attached hydrogen (secondary N) is 1. The van der Waals surface area contributed by atoms with Crippen LogP contribution in [0.1, 0.15) is 24.8 Å². The Morgan fingerprint density at radius 2 is 2.00 bits per heavy atom. The molecule has 1 saturated carbocycles. The highest BCUT2D eigenvalue weighted by molar-refractivity contribution is 5.39. The summed E-state index contributed by atoms with van der Waals surface area (Å²) >= 11 is 0. The van der Waals surface area contributed by atoms with E-state index in [-0.39, 0.29) is 0 Å². The Balaban J connectivity index is 1.86.